The fourth-order valence-corrected chi connectivity index (χ4v) is 4.94. The third-order valence-electron chi connectivity index (χ3n) is 5.19. The van der Waals surface area contributed by atoms with E-state index in [9.17, 15) is 18.0 Å². The summed E-state index contributed by atoms with van der Waals surface area (Å²) < 4.78 is 32.0. The van der Waals surface area contributed by atoms with E-state index in [-0.39, 0.29) is 17.3 Å². The number of methoxy groups -OCH3 is 1. The van der Waals surface area contributed by atoms with Gasteiger partial charge in [-0.1, -0.05) is 12.5 Å². The second-order valence-corrected chi connectivity index (χ2v) is 9.35. The van der Waals surface area contributed by atoms with Crippen molar-refractivity contribution in [2.45, 2.75) is 31.1 Å². The lowest BCUT2D eigenvalue weighted by molar-refractivity contribution is -0.114. The molecule has 2 aromatic rings. The van der Waals surface area contributed by atoms with Gasteiger partial charge in [-0.15, -0.1) is 0 Å². The number of nitrogens with one attached hydrogen (secondary N) is 2. The van der Waals surface area contributed by atoms with Crippen LogP contribution in [0.2, 0.25) is 0 Å². The number of piperidine rings is 1. The first kappa shape index (κ1) is 22.8. The highest BCUT2D eigenvalue weighted by molar-refractivity contribution is 7.89. The topological polar surface area (TPSA) is 105 Å². The Morgan fingerprint density at radius 1 is 1.03 bits per heavy atom. The standard InChI is InChI=1S/C22H27N3O5S/c1-16-6-11-19(31(28,29)25-12-4-3-5-13-25)14-20(16)23-15-21(26)24-18-9-7-17(8-10-18)22(27)30-2/h6-11,14,23H,3-5,12-13,15H2,1-2H3,(H,24,26). The smallest absolute Gasteiger partial charge is 0.337 e. The minimum atomic E-state index is -3.55. The molecule has 0 radical (unpaired) electrons. The van der Waals surface area contributed by atoms with Crippen molar-refractivity contribution in [3.8, 4) is 0 Å². The average molecular weight is 446 g/mol. The summed E-state index contributed by atoms with van der Waals surface area (Å²) in [5.74, 6) is -0.746. The summed E-state index contributed by atoms with van der Waals surface area (Å²) in [6.45, 7) is 2.89. The number of hydrogen-bond acceptors (Lipinski definition) is 6. The molecule has 1 aliphatic heterocycles. The minimum Gasteiger partial charge on any atom is -0.465 e. The number of rotatable bonds is 7. The molecule has 0 bridgehead atoms. The van der Waals surface area contributed by atoms with Gasteiger partial charge in [-0.25, -0.2) is 13.2 Å². The van der Waals surface area contributed by atoms with Crippen LogP contribution in [0.3, 0.4) is 0 Å². The van der Waals surface area contributed by atoms with Crippen molar-refractivity contribution in [3.05, 3.63) is 53.6 Å². The number of nitrogens with zero attached hydrogens (tertiary/aromatic N) is 1. The van der Waals surface area contributed by atoms with Crippen LogP contribution < -0.4 is 10.6 Å². The van der Waals surface area contributed by atoms with Gasteiger partial charge in [0.1, 0.15) is 0 Å². The van der Waals surface area contributed by atoms with Gasteiger partial charge in [-0.05, 0) is 61.7 Å². The molecule has 3 rings (SSSR count). The van der Waals surface area contributed by atoms with Crippen molar-refractivity contribution in [2.75, 3.05) is 37.4 Å². The van der Waals surface area contributed by atoms with Gasteiger partial charge in [-0.2, -0.15) is 4.31 Å². The molecule has 0 atom stereocenters. The molecule has 0 unspecified atom stereocenters. The van der Waals surface area contributed by atoms with E-state index in [1.54, 1.807) is 42.5 Å². The number of anilines is 2. The van der Waals surface area contributed by atoms with Crippen LogP contribution in [0.15, 0.2) is 47.4 Å². The highest BCUT2D eigenvalue weighted by Crippen LogP contribution is 2.25. The zero-order valence-electron chi connectivity index (χ0n) is 17.7. The van der Waals surface area contributed by atoms with Crippen LogP contribution in [0.4, 0.5) is 11.4 Å². The van der Waals surface area contributed by atoms with E-state index in [4.69, 9.17) is 0 Å². The van der Waals surface area contributed by atoms with Gasteiger partial charge in [0.25, 0.3) is 0 Å². The van der Waals surface area contributed by atoms with Gasteiger partial charge >= 0.3 is 5.97 Å². The molecule has 0 aromatic heterocycles. The first-order valence-electron chi connectivity index (χ1n) is 10.1. The molecule has 0 spiro atoms. The molecule has 1 amide bonds. The predicted octanol–water partition coefficient (Wildman–Crippen LogP) is 3.01. The number of amides is 1. The van der Waals surface area contributed by atoms with Gasteiger partial charge in [0, 0.05) is 24.5 Å². The molecule has 31 heavy (non-hydrogen) atoms. The molecule has 166 valence electrons. The Labute approximate surface area is 182 Å². The van der Waals surface area contributed by atoms with Crippen molar-refractivity contribution in [1.29, 1.82) is 0 Å². The largest absolute Gasteiger partial charge is 0.465 e. The lowest BCUT2D eigenvalue weighted by Crippen LogP contribution is -2.35. The van der Waals surface area contributed by atoms with Crippen LogP contribution >= 0.6 is 0 Å². The molecule has 2 aromatic carbocycles. The predicted molar refractivity (Wildman–Crippen MR) is 119 cm³/mol. The Morgan fingerprint density at radius 3 is 2.35 bits per heavy atom. The molecule has 0 saturated carbocycles. The highest BCUT2D eigenvalue weighted by Gasteiger charge is 2.26. The summed E-state index contributed by atoms with van der Waals surface area (Å²) in [5, 5.41) is 5.75. The van der Waals surface area contributed by atoms with Crippen LogP contribution in [0.5, 0.6) is 0 Å². The summed E-state index contributed by atoms with van der Waals surface area (Å²) in [6, 6.07) is 11.3. The van der Waals surface area contributed by atoms with E-state index in [0.717, 1.165) is 24.8 Å². The summed E-state index contributed by atoms with van der Waals surface area (Å²) in [6.07, 6.45) is 2.79. The summed E-state index contributed by atoms with van der Waals surface area (Å²) in [7, 11) is -2.24. The Kier molecular flexibility index (Phi) is 7.29. The molecule has 1 aliphatic rings. The van der Waals surface area contributed by atoms with Crippen LogP contribution in [-0.4, -0.2) is 51.3 Å². The lowest BCUT2D eigenvalue weighted by Gasteiger charge is -2.26. The third-order valence-corrected chi connectivity index (χ3v) is 7.09. The Balaban J connectivity index is 1.64. The molecule has 1 fully saturated rings. The van der Waals surface area contributed by atoms with Crippen LogP contribution in [0, 0.1) is 6.92 Å². The maximum absolute atomic E-state index is 12.9. The third kappa shape index (κ3) is 5.62. The summed E-state index contributed by atoms with van der Waals surface area (Å²) in [5.41, 5.74) is 2.36. The molecular formula is C22H27N3O5S. The van der Waals surface area contributed by atoms with Crippen LogP contribution in [0.1, 0.15) is 35.2 Å². The van der Waals surface area contributed by atoms with Crippen molar-refractivity contribution in [2.24, 2.45) is 0 Å². The number of aryl methyl sites for hydroxylation is 1. The molecule has 8 nitrogen and oxygen atoms in total. The Morgan fingerprint density at radius 2 is 1.71 bits per heavy atom. The van der Waals surface area contributed by atoms with Gasteiger partial charge in [0.2, 0.25) is 15.9 Å². The summed E-state index contributed by atoms with van der Waals surface area (Å²) >= 11 is 0. The number of esters is 1. The van der Waals surface area contributed by atoms with Crippen LogP contribution in [-0.2, 0) is 19.6 Å². The van der Waals surface area contributed by atoms with E-state index >= 15 is 0 Å². The second kappa shape index (κ2) is 9.93. The van der Waals surface area contributed by atoms with Crippen molar-refractivity contribution in [3.63, 3.8) is 0 Å². The number of carbonyl (C=O) groups excluding carboxylic acids is 2. The maximum atomic E-state index is 12.9. The summed E-state index contributed by atoms with van der Waals surface area (Å²) in [4.78, 5) is 24.0. The monoisotopic (exact) mass is 445 g/mol. The SMILES string of the molecule is COC(=O)c1ccc(NC(=O)CNc2cc(S(=O)(=O)N3CCCCC3)ccc2C)cc1. The van der Waals surface area contributed by atoms with E-state index < -0.39 is 16.0 Å². The quantitative estimate of drug-likeness (QED) is 0.635. The fraction of sp³-hybridized carbons (Fsp3) is 0.364. The minimum absolute atomic E-state index is 0.0349. The number of carbonyl (C=O) groups is 2. The van der Waals surface area contributed by atoms with Gasteiger partial charge in [0.05, 0.1) is 24.1 Å². The van der Waals surface area contributed by atoms with Gasteiger partial charge in [-0.3, -0.25) is 4.79 Å². The average Bonchev–Trinajstić information content (AvgIpc) is 2.79. The van der Waals surface area contributed by atoms with E-state index in [1.807, 2.05) is 6.92 Å². The molecule has 2 N–H and O–H groups in total. The van der Waals surface area contributed by atoms with Crippen molar-refractivity contribution >= 4 is 33.3 Å². The van der Waals surface area contributed by atoms with E-state index in [0.29, 0.717) is 30.0 Å². The van der Waals surface area contributed by atoms with Crippen molar-refractivity contribution in [1.82, 2.24) is 4.31 Å². The number of sulfonamides is 1. The first-order chi connectivity index (χ1) is 14.8. The highest BCUT2D eigenvalue weighted by atomic mass is 32.2. The molecule has 0 aliphatic carbocycles. The van der Waals surface area contributed by atoms with Gasteiger partial charge < -0.3 is 15.4 Å². The molecule has 1 heterocycles. The van der Waals surface area contributed by atoms with E-state index in [2.05, 4.69) is 15.4 Å². The number of benzene rings is 2. The number of hydrogen-bond donors (Lipinski definition) is 2. The lowest BCUT2D eigenvalue weighted by atomic mass is 10.2. The van der Waals surface area contributed by atoms with E-state index in [1.165, 1.54) is 11.4 Å². The second-order valence-electron chi connectivity index (χ2n) is 7.41. The number of ether oxygens (including phenoxy) is 1. The Bertz CT molecular complexity index is 1050. The first-order valence-corrected chi connectivity index (χ1v) is 11.6. The fourth-order valence-electron chi connectivity index (χ4n) is 3.39. The van der Waals surface area contributed by atoms with Gasteiger partial charge in [0.15, 0.2) is 0 Å². The molecule has 9 heteroatoms. The van der Waals surface area contributed by atoms with Crippen LogP contribution in [0.25, 0.3) is 0 Å². The zero-order valence-corrected chi connectivity index (χ0v) is 18.5. The normalized spacial score (nSPS) is 14.6. The Hall–Kier alpha value is -2.91. The molecule has 1 saturated heterocycles. The molecular weight excluding hydrogens is 418 g/mol. The zero-order chi connectivity index (χ0) is 22.4. The van der Waals surface area contributed by atoms with Crippen molar-refractivity contribution < 1.29 is 22.7 Å². The maximum Gasteiger partial charge on any atom is 0.337 e.